The van der Waals surface area contributed by atoms with Gasteiger partial charge in [0, 0.05) is 12.1 Å². The lowest BCUT2D eigenvalue weighted by Gasteiger charge is -2.20. The molecule has 0 spiro atoms. The number of rotatable bonds is 7. The molecule has 2 N–H and O–H groups in total. The average molecular weight is 340 g/mol. The fraction of sp³-hybridized carbons (Fsp3) is 0.211. The Kier molecular flexibility index (Phi) is 6.42. The highest BCUT2D eigenvalue weighted by atomic mass is 16.6. The van der Waals surface area contributed by atoms with E-state index in [2.05, 4.69) is 5.32 Å². The molecule has 1 atom stereocenters. The summed E-state index contributed by atoms with van der Waals surface area (Å²) in [7, 11) is 4.04. The van der Waals surface area contributed by atoms with E-state index in [0.29, 0.717) is 5.56 Å². The SMILES string of the molecule is C[NH+](C)C[C@H](NC(=O)/C=C/c1ccccc1[N+](=O)[O-])c1ccccc1. The van der Waals surface area contributed by atoms with Gasteiger partial charge in [0.15, 0.2) is 0 Å². The Bertz CT molecular complexity index is 758. The standard InChI is InChI=1S/C19H21N3O3/c1-21(2)14-17(15-8-4-3-5-9-15)20-19(23)13-12-16-10-6-7-11-18(16)22(24)25/h3-13,17H,14H2,1-2H3,(H,20,23)/p+1/b13-12+/t17-/m0/s1. The number of nitro benzene ring substituents is 1. The zero-order valence-corrected chi connectivity index (χ0v) is 14.3. The van der Waals surface area contributed by atoms with Crippen molar-refractivity contribution in [2.45, 2.75) is 6.04 Å². The van der Waals surface area contributed by atoms with Crippen LogP contribution in [-0.4, -0.2) is 31.5 Å². The normalized spacial score (nSPS) is 12.3. The molecule has 0 aliphatic rings. The molecule has 130 valence electrons. The van der Waals surface area contributed by atoms with Crippen LogP contribution < -0.4 is 10.2 Å². The van der Waals surface area contributed by atoms with Gasteiger partial charge in [-0.05, 0) is 17.7 Å². The van der Waals surface area contributed by atoms with Crippen molar-refractivity contribution < 1.29 is 14.6 Å². The lowest BCUT2D eigenvalue weighted by molar-refractivity contribution is -0.860. The number of para-hydroxylation sites is 1. The molecule has 2 aromatic rings. The molecule has 0 aromatic heterocycles. The summed E-state index contributed by atoms with van der Waals surface area (Å²) in [4.78, 5) is 24.1. The summed E-state index contributed by atoms with van der Waals surface area (Å²) in [5.41, 5.74) is 1.40. The molecular weight excluding hydrogens is 318 g/mol. The Labute approximate surface area is 146 Å². The van der Waals surface area contributed by atoms with Crippen molar-refractivity contribution in [1.82, 2.24) is 5.32 Å². The number of carbonyl (C=O) groups is 1. The third-order valence-corrected chi connectivity index (χ3v) is 3.68. The van der Waals surface area contributed by atoms with Crippen molar-refractivity contribution in [3.8, 4) is 0 Å². The molecule has 0 saturated heterocycles. The number of nitrogens with zero attached hydrogens (tertiary/aromatic N) is 1. The van der Waals surface area contributed by atoms with Gasteiger partial charge in [-0.25, -0.2) is 0 Å². The van der Waals surface area contributed by atoms with Gasteiger partial charge < -0.3 is 10.2 Å². The van der Waals surface area contributed by atoms with Gasteiger partial charge >= 0.3 is 0 Å². The quantitative estimate of drug-likeness (QED) is 0.457. The highest BCUT2D eigenvalue weighted by Crippen LogP contribution is 2.19. The van der Waals surface area contributed by atoms with Crippen LogP contribution in [0.2, 0.25) is 0 Å². The van der Waals surface area contributed by atoms with Crippen LogP contribution in [-0.2, 0) is 4.79 Å². The van der Waals surface area contributed by atoms with Crippen LogP contribution in [0.1, 0.15) is 17.2 Å². The van der Waals surface area contributed by atoms with Crippen molar-refractivity contribution in [3.63, 3.8) is 0 Å². The predicted octanol–water partition coefficient (Wildman–Crippen LogP) is 1.61. The van der Waals surface area contributed by atoms with Crippen molar-refractivity contribution in [3.05, 3.63) is 81.9 Å². The minimum Gasteiger partial charge on any atom is -0.340 e. The summed E-state index contributed by atoms with van der Waals surface area (Å²) in [6, 6.07) is 15.9. The van der Waals surface area contributed by atoms with Crippen molar-refractivity contribution in [2.24, 2.45) is 0 Å². The third kappa shape index (κ3) is 5.54. The Morgan fingerprint density at radius 3 is 2.44 bits per heavy atom. The predicted molar refractivity (Wildman–Crippen MR) is 97.1 cm³/mol. The zero-order chi connectivity index (χ0) is 18.2. The van der Waals surface area contributed by atoms with E-state index < -0.39 is 4.92 Å². The fourth-order valence-corrected chi connectivity index (χ4v) is 2.53. The molecule has 2 aromatic carbocycles. The molecule has 0 radical (unpaired) electrons. The second-order valence-electron chi connectivity index (χ2n) is 6.03. The zero-order valence-electron chi connectivity index (χ0n) is 14.3. The van der Waals surface area contributed by atoms with Crippen LogP contribution in [0.5, 0.6) is 0 Å². The smallest absolute Gasteiger partial charge is 0.276 e. The van der Waals surface area contributed by atoms with Gasteiger partial charge in [-0.2, -0.15) is 0 Å². The number of nitrogens with one attached hydrogen (secondary N) is 2. The van der Waals surface area contributed by atoms with E-state index in [0.717, 1.165) is 12.1 Å². The number of nitro groups is 1. The van der Waals surface area contributed by atoms with Crippen LogP contribution in [0.15, 0.2) is 60.7 Å². The Balaban J connectivity index is 2.13. The van der Waals surface area contributed by atoms with Crippen molar-refractivity contribution >= 4 is 17.7 Å². The lowest BCUT2D eigenvalue weighted by Crippen LogP contribution is -3.06. The molecule has 2 rings (SSSR count). The van der Waals surface area contributed by atoms with Crippen molar-refractivity contribution in [2.75, 3.05) is 20.6 Å². The first-order valence-corrected chi connectivity index (χ1v) is 8.03. The molecule has 0 saturated carbocycles. The number of benzene rings is 2. The van der Waals surface area contributed by atoms with E-state index in [9.17, 15) is 14.9 Å². The summed E-state index contributed by atoms with van der Waals surface area (Å²) >= 11 is 0. The van der Waals surface area contributed by atoms with E-state index in [1.54, 1.807) is 18.2 Å². The first-order chi connectivity index (χ1) is 12.0. The first kappa shape index (κ1) is 18.4. The molecule has 6 heteroatoms. The second-order valence-corrected chi connectivity index (χ2v) is 6.03. The first-order valence-electron chi connectivity index (χ1n) is 8.03. The maximum Gasteiger partial charge on any atom is 0.276 e. The van der Waals surface area contributed by atoms with Crippen LogP contribution >= 0.6 is 0 Å². The molecule has 0 fully saturated rings. The van der Waals surface area contributed by atoms with Crippen LogP contribution in [0, 0.1) is 10.1 Å². The molecule has 0 unspecified atom stereocenters. The van der Waals surface area contributed by atoms with Gasteiger partial charge in [-0.3, -0.25) is 14.9 Å². The maximum atomic E-state index is 12.3. The summed E-state index contributed by atoms with van der Waals surface area (Å²) in [6.07, 6.45) is 2.81. The van der Waals surface area contributed by atoms with E-state index in [4.69, 9.17) is 0 Å². The molecule has 0 heterocycles. The minimum absolute atomic E-state index is 0.0242. The summed E-state index contributed by atoms with van der Waals surface area (Å²) in [6.45, 7) is 0.731. The largest absolute Gasteiger partial charge is 0.340 e. The third-order valence-electron chi connectivity index (χ3n) is 3.68. The topological polar surface area (TPSA) is 76.7 Å². The van der Waals surface area contributed by atoms with E-state index in [1.165, 1.54) is 23.1 Å². The number of quaternary nitrogens is 1. The average Bonchev–Trinajstić information content (AvgIpc) is 2.60. The van der Waals surface area contributed by atoms with Crippen LogP contribution in [0.4, 0.5) is 5.69 Å². The van der Waals surface area contributed by atoms with E-state index in [-0.39, 0.29) is 17.6 Å². The van der Waals surface area contributed by atoms with Gasteiger partial charge in [-0.15, -0.1) is 0 Å². The Morgan fingerprint density at radius 1 is 1.16 bits per heavy atom. The van der Waals surface area contributed by atoms with Gasteiger partial charge in [-0.1, -0.05) is 42.5 Å². The van der Waals surface area contributed by atoms with Gasteiger partial charge in [0.2, 0.25) is 5.91 Å². The van der Waals surface area contributed by atoms with Gasteiger partial charge in [0.1, 0.15) is 12.6 Å². The second kappa shape index (κ2) is 8.75. The summed E-state index contributed by atoms with van der Waals surface area (Å²) in [5, 5.41) is 14.0. The Hall–Kier alpha value is -2.99. The molecule has 0 bridgehead atoms. The van der Waals surface area contributed by atoms with Gasteiger partial charge in [0.05, 0.1) is 24.6 Å². The maximum absolute atomic E-state index is 12.3. The number of hydrogen-bond donors (Lipinski definition) is 2. The highest BCUT2D eigenvalue weighted by molar-refractivity contribution is 5.92. The Morgan fingerprint density at radius 2 is 1.80 bits per heavy atom. The van der Waals surface area contributed by atoms with E-state index >= 15 is 0 Å². The molecule has 0 aliphatic heterocycles. The molecule has 0 aliphatic carbocycles. The molecule has 25 heavy (non-hydrogen) atoms. The molecule has 6 nitrogen and oxygen atoms in total. The molecular formula is C19H22N3O3+. The number of hydrogen-bond acceptors (Lipinski definition) is 3. The highest BCUT2D eigenvalue weighted by Gasteiger charge is 2.16. The molecule has 1 amide bonds. The number of amides is 1. The number of carbonyl (C=O) groups excluding carboxylic acids is 1. The number of likely N-dealkylation sites (N-methyl/N-ethyl adjacent to an activating group) is 1. The van der Waals surface area contributed by atoms with Gasteiger partial charge in [0.25, 0.3) is 5.69 Å². The summed E-state index contributed by atoms with van der Waals surface area (Å²) in [5.74, 6) is -0.284. The lowest BCUT2D eigenvalue weighted by atomic mass is 10.1. The van der Waals surface area contributed by atoms with Crippen LogP contribution in [0.3, 0.4) is 0 Å². The summed E-state index contributed by atoms with van der Waals surface area (Å²) < 4.78 is 0. The van der Waals surface area contributed by atoms with Crippen LogP contribution in [0.25, 0.3) is 6.08 Å². The fourth-order valence-electron chi connectivity index (χ4n) is 2.53. The van der Waals surface area contributed by atoms with E-state index in [1.807, 2.05) is 44.4 Å². The minimum atomic E-state index is -0.459. The monoisotopic (exact) mass is 340 g/mol. The van der Waals surface area contributed by atoms with Crippen molar-refractivity contribution in [1.29, 1.82) is 0 Å².